The van der Waals surface area contributed by atoms with Crippen molar-refractivity contribution >= 4 is 21.8 Å². The highest BCUT2D eigenvalue weighted by atomic mass is 32.2. The standard InChI is InChI=1S/C17H21NO5S/c19-15-8-1-2-9-16(15)23-17(20)13-6-5-7-14(12-13)24(21,22)18-10-3-4-11-18/h5-7,12,16H,1-4,8-11H2/t16-/m1/s1. The molecule has 1 saturated carbocycles. The first-order valence-corrected chi connectivity index (χ1v) is 9.76. The highest BCUT2D eigenvalue weighted by Gasteiger charge is 2.29. The third-order valence-electron chi connectivity index (χ3n) is 4.52. The van der Waals surface area contributed by atoms with Crippen LogP contribution in [0, 0.1) is 0 Å². The minimum Gasteiger partial charge on any atom is -0.451 e. The van der Waals surface area contributed by atoms with Crippen LogP contribution in [-0.2, 0) is 19.6 Å². The molecule has 24 heavy (non-hydrogen) atoms. The number of esters is 1. The van der Waals surface area contributed by atoms with Crippen LogP contribution >= 0.6 is 0 Å². The lowest BCUT2D eigenvalue weighted by molar-refractivity contribution is -0.129. The topological polar surface area (TPSA) is 80.8 Å². The van der Waals surface area contributed by atoms with E-state index >= 15 is 0 Å². The van der Waals surface area contributed by atoms with Crippen molar-refractivity contribution in [3.8, 4) is 0 Å². The molecule has 2 aliphatic rings. The second-order valence-electron chi connectivity index (χ2n) is 6.25. The second-order valence-corrected chi connectivity index (χ2v) is 8.18. The van der Waals surface area contributed by atoms with Crippen molar-refractivity contribution < 1.29 is 22.7 Å². The van der Waals surface area contributed by atoms with E-state index in [4.69, 9.17) is 4.74 Å². The van der Waals surface area contributed by atoms with Crippen LogP contribution in [0.1, 0.15) is 48.9 Å². The largest absolute Gasteiger partial charge is 0.451 e. The molecule has 130 valence electrons. The van der Waals surface area contributed by atoms with Gasteiger partial charge in [-0.05, 0) is 50.3 Å². The van der Waals surface area contributed by atoms with Gasteiger partial charge in [0.15, 0.2) is 11.9 Å². The molecule has 1 aliphatic heterocycles. The fourth-order valence-corrected chi connectivity index (χ4v) is 4.70. The van der Waals surface area contributed by atoms with Gasteiger partial charge in [-0.3, -0.25) is 4.79 Å². The zero-order valence-corrected chi connectivity index (χ0v) is 14.3. The Morgan fingerprint density at radius 3 is 2.58 bits per heavy atom. The van der Waals surface area contributed by atoms with Gasteiger partial charge in [-0.1, -0.05) is 6.07 Å². The molecule has 2 fully saturated rings. The Kier molecular flexibility index (Phi) is 5.01. The lowest BCUT2D eigenvalue weighted by atomic mass is 9.96. The van der Waals surface area contributed by atoms with Gasteiger partial charge in [-0.2, -0.15) is 4.31 Å². The van der Waals surface area contributed by atoms with Gasteiger partial charge in [0.25, 0.3) is 0 Å². The average Bonchev–Trinajstić information content (AvgIpc) is 3.12. The number of hydrogen-bond donors (Lipinski definition) is 0. The van der Waals surface area contributed by atoms with Crippen molar-refractivity contribution in [3.63, 3.8) is 0 Å². The maximum atomic E-state index is 12.6. The Bertz CT molecular complexity index is 737. The van der Waals surface area contributed by atoms with Gasteiger partial charge < -0.3 is 4.74 Å². The molecule has 0 N–H and O–H groups in total. The molecule has 1 aromatic carbocycles. The van der Waals surface area contributed by atoms with Crippen LogP contribution in [0.2, 0.25) is 0 Å². The summed E-state index contributed by atoms with van der Waals surface area (Å²) in [5.74, 6) is -0.704. The lowest BCUT2D eigenvalue weighted by Crippen LogP contribution is -2.30. The number of ether oxygens (including phenoxy) is 1. The zero-order chi connectivity index (χ0) is 17.2. The molecule has 6 nitrogen and oxygen atoms in total. The van der Waals surface area contributed by atoms with E-state index in [0.29, 0.717) is 25.9 Å². The molecule has 0 radical (unpaired) electrons. The summed E-state index contributed by atoms with van der Waals surface area (Å²) in [6, 6.07) is 5.86. The van der Waals surface area contributed by atoms with Crippen LogP contribution in [0.4, 0.5) is 0 Å². The molecule has 1 saturated heterocycles. The molecule has 1 atom stereocenters. The monoisotopic (exact) mass is 351 g/mol. The number of benzene rings is 1. The molecule has 3 rings (SSSR count). The predicted molar refractivity (Wildman–Crippen MR) is 87.1 cm³/mol. The number of rotatable bonds is 4. The molecule has 1 heterocycles. The Hall–Kier alpha value is -1.73. The highest BCUT2D eigenvalue weighted by Crippen LogP contribution is 2.23. The molecular weight excluding hydrogens is 330 g/mol. The number of carbonyl (C=O) groups excluding carboxylic acids is 2. The molecule has 0 spiro atoms. The predicted octanol–water partition coefficient (Wildman–Crippen LogP) is 2.14. The zero-order valence-electron chi connectivity index (χ0n) is 13.4. The first-order chi connectivity index (χ1) is 11.5. The summed E-state index contributed by atoms with van der Waals surface area (Å²) in [5, 5.41) is 0. The molecule has 7 heteroatoms. The normalized spacial score (nSPS) is 22.5. The van der Waals surface area contributed by atoms with Crippen molar-refractivity contribution in [1.82, 2.24) is 4.31 Å². The first kappa shape index (κ1) is 17.1. The van der Waals surface area contributed by atoms with Gasteiger partial charge in [-0.25, -0.2) is 13.2 Å². The van der Waals surface area contributed by atoms with Gasteiger partial charge >= 0.3 is 5.97 Å². The number of hydrogen-bond acceptors (Lipinski definition) is 5. The molecule has 0 amide bonds. The fraction of sp³-hybridized carbons (Fsp3) is 0.529. The Morgan fingerprint density at radius 1 is 1.12 bits per heavy atom. The average molecular weight is 351 g/mol. The summed E-state index contributed by atoms with van der Waals surface area (Å²) in [6.45, 7) is 1.02. The van der Waals surface area contributed by atoms with Crippen LogP contribution in [0.3, 0.4) is 0 Å². The lowest BCUT2D eigenvalue weighted by Gasteiger charge is -2.21. The number of nitrogens with zero attached hydrogens (tertiary/aromatic N) is 1. The van der Waals surface area contributed by atoms with Crippen molar-refractivity contribution in [2.75, 3.05) is 13.1 Å². The Labute approximate surface area is 141 Å². The SMILES string of the molecule is O=C(O[C@@H]1CCCCC1=O)c1cccc(S(=O)(=O)N2CCCC2)c1. The minimum absolute atomic E-state index is 0.0598. The maximum absolute atomic E-state index is 12.6. The quantitative estimate of drug-likeness (QED) is 0.777. The number of carbonyl (C=O) groups is 2. The van der Waals surface area contributed by atoms with E-state index < -0.39 is 22.1 Å². The van der Waals surface area contributed by atoms with Gasteiger partial charge in [0.1, 0.15) is 0 Å². The molecule has 0 unspecified atom stereocenters. The van der Waals surface area contributed by atoms with Crippen LogP contribution in [0.5, 0.6) is 0 Å². The molecule has 1 aromatic rings. The number of ketones is 1. The van der Waals surface area contributed by atoms with Gasteiger partial charge in [0.05, 0.1) is 10.5 Å². The van der Waals surface area contributed by atoms with E-state index in [1.165, 1.54) is 28.6 Å². The maximum Gasteiger partial charge on any atom is 0.338 e. The smallest absolute Gasteiger partial charge is 0.338 e. The number of sulfonamides is 1. The van der Waals surface area contributed by atoms with Crippen LogP contribution < -0.4 is 0 Å². The third-order valence-corrected chi connectivity index (χ3v) is 6.42. The summed E-state index contributed by atoms with van der Waals surface area (Å²) >= 11 is 0. The van der Waals surface area contributed by atoms with E-state index in [-0.39, 0.29) is 16.2 Å². The second kappa shape index (κ2) is 7.03. The van der Waals surface area contributed by atoms with Crippen LogP contribution in [0.25, 0.3) is 0 Å². The van der Waals surface area contributed by atoms with Crippen LogP contribution in [-0.4, -0.2) is 43.7 Å². The number of Topliss-reactive ketones (excluding diaryl/α,β-unsaturated/α-hetero) is 1. The van der Waals surface area contributed by atoms with E-state index in [1.807, 2.05) is 0 Å². The van der Waals surface area contributed by atoms with Gasteiger partial charge in [-0.15, -0.1) is 0 Å². The summed E-state index contributed by atoms with van der Waals surface area (Å²) < 4.78 is 31.9. The third kappa shape index (κ3) is 3.52. The van der Waals surface area contributed by atoms with E-state index in [0.717, 1.165) is 25.7 Å². The molecular formula is C17H21NO5S. The minimum atomic E-state index is -3.58. The highest BCUT2D eigenvalue weighted by molar-refractivity contribution is 7.89. The first-order valence-electron chi connectivity index (χ1n) is 8.32. The van der Waals surface area contributed by atoms with Crippen molar-refractivity contribution in [1.29, 1.82) is 0 Å². The summed E-state index contributed by atoms with van der Waals surface area (Å²) in [5.41, 5.74) is 0.161. The Balaban J connectivity index is 1.77. The fourth-order valence-electron chi connectivity index (χ4n) is 3.13. The van der Waals surface area contributed by atoms with Gasteiger partial charge in [0, 0.05) is 19.5 Å². The summed E-state index contributed by atoms with van der Waals surface area (Å²) in [6.07, 6.45) is 3.65. The van der Waals surface area contributed by atoms with Crippen molar-refractivity contribution in [2.24, 2.45) is 0 Å². The Morgan fingerprint density at radius 2 is 1.88 bits per heavy atom. The molecule has 1 aliphatic carbocycles. The van der Waals surface area contributed by atoms with Crippen molar-refractivity contribution in [3.05, 3.63) is 29.8 Å². The molecule has 0 aromatic heterocycles. The van der Waals surface area contributed by atoms with E-state index in [2.05, 4.69) is 0 Å². The van der Waals surface area contributed by atoms with E-state index in [1.54, 1.807) is 0 Å². The van der Waals surface area contributed by atoms with Crippen LogP contribution in [0.15, 0.2) is 29.2 Å². The molecule has 0 bridgehead atoms. The van der Waals surface area contributed by atoms with Crippen molar-refractivity contribution in [2.45, 2.75) is 49.5 Å². The summed E-state index contributed by atoms with van der Waals surface area (Å²) in [7, 11) is -3.58. The summed E-state index contributed by atoms with van der Waals surface area (Å²) in [4.78, 5) is 24.1. The van der Waals surface area contributed by atoms with Gasteiger partial charge in [0.2, 0.25) is 10.0 Å². The van der Waals surface area contributed by atoms with E-state index in [9.17, 15) is 18.0 Å².